The van der Waals surface area contributed by atoms with Gasteiger partial charge in [0.05, 0.1) is 5.56 Å². The topological polar surface area (TPSA) is 67.6 Å². The first kappa shape index (κ1) is 11.8. The number of aromatic amines is 1. The number of aromatic nitrogens is 3. The summed E-state index contributed by atoms with van der Waals surface area (Å²) in [4.78, 5) is 10.4. The molecule has 2 aromatic heterocycles. The van der Waals surface area contributed by atoms with Crippen LogP contribution in [0.15, 0.2) is 34.7 Å². The maximum atomic E-state index is 12.5. The number of anilines is 1. The van der Waals surface area contributed by atoms with Crippen molar-refractivity contribution in [3.8, 4) is 0 Å². The number of rotatable bonds is 2. The monoisotopic (exact) mass is 260 g/mol. The number of nitrogens with zero attached hydrogens (tertiary/aromatic N) is 2. The lowest BCUT2D eigenvalue weighted by Gasteiger charge is -2.08. The molecule has 0 aliphatic rings. The van der Waals surface area contributed by atoms with Crippen LogP contribution in [0.5, 0.6) is 0 Å². The van der Waals surface area contributed by atoms with Crippen molar-refractivity contribution in [1.29, 1.82) is 0 Å². The molecule has 0 saturated heterocycles. The Bertz CT molecular complexity index is 509. The molecule has 0 atom stereocenters. The summed E-state index contributed by atoms with van der Waals surface area (Å²) in [5, 5.41) is 0.600. The Morgan fingerprint density at radius 3 is 2.65 bits per heavy atom. The van der Waals surface area contributed by atoms with Gasteiger partial charge in [-0.1, -0.05) is 0 Å². The predicted molar refractivity (Wildman–Crippen MR) is 56.4 cm³/mol. The zero-order chi connectivity index (χ0) is 12.5. The van der Waals surface area contributed by atoms with Crippen LogP contribution in [0.4, 0.5) is 19.0 Å². The molecular formula is C9H7F3N4S. The number of hydrogen-bond donors (Lipinski definition) is 2. The lowest BCUT2D eigenvalue weighted by molar-refractivity contribution is -0.137. The molecule has 90 valence electrons. The molecular weight excluding hydrogens is 253 g/mol. The number of pyridine rings is 1. The number of imidazole rings is 1. The molecule has 2 heterocycles. The molecule has 0 aliphatic heterocycles. The lowest BCUT2D eigenvalue weighted by Crippen LogP contribution is -2.07. The van der Waals surface area contributed by atoms with Gasteiger partial charge in [0.15, 0.2) is 5.16 Å². The van der Waals surface area contributed by atoms with Crippen molar-refractivity contribution in [3.05, 3.63) is 30.1 Å². The van der Waals surface area contributed by atoms with E-state index in [1.165, 1.54) is 6.20 Å². The highest BCUT2D eigenvalue weighted by Crippen LogP contribution is 2.33. The molecule has 0 radical (unpaired) electrons. The first-order valence-electron chi connectivity index (χ1n) is 4.47. The van der Waals surface area contributed by atoms with E-state index >= 15 is 0 Å². The van der Waals surface area contributed by atoms with E-state index in [9.17, 15) is 13.2 Å². The molecule has 0 aromatic carbocycles. The Balaban J connectivity index is 2.32. The molecule has 8 heteroatoms. The van der Waals surface area contributed by atoms with Crippen molar-refractivity contribution < 1.29 is 13.2 Å². The minimum atomic E-state index is -4.43. The summed E-state index contributed by atoms with van der Waals surface area (Å²) in [6.45, 7) is 0. The molecule has 0 fully saturated rings. The number of hydrogen-bond acceptors (Lipinski definition) is 4. The van der Waals surface area contributed by atoms with E-state index in [0.717, 1.165) is 23.9 Å². The second kappa shape index (κ2) is 4.28. The lowest BCUT2D eigenvalue weighted by atomic mass is 10.2. The number of halogens is 3. The van der Waals surface area contributed by atoms with Gasteiger partial charge in [0.25, 0.3) is 0 Å². The Morgan fingerprint density at radius 1 is 1.29 bits per heavy atom. The quantitative estimate of drug-likeness (QED) is 0.870. The third-order valence-corrected chi connectivity index (χ3v) is 2.66. The molecule has 0 bridgehead atoms. The van der Waals surface area contributed by atoms with Crippen LogP contribution in [0.25, 0.3) is 0 Å². The molecule has 2 aromatic rings. The smallest absolute Gasteiger partial charge is 0.384 e. The van der Waals surface area contributed by atoms with Crippen LogP contribution in [0.2, 0.25) is 0 Å². The fraction of sp³-hybridized carbons (Fsp3) is 0.111. The first-order chi connectivity index (χ1) is 7.95. The van der Waals surface area contributed by atoms with E-state index < -0.39 is 11.7 Å². The Hall–Kier alpha value is -1.70. The third kappa shape index (κ3) is 2.90. The Labute approximate surface area is 98.5 Å². The Morgan fingerprint density at radius 2 is 2.06 bits per heavy atom. The van der Waals surface area contributed by atoms with Crippen molar-refractivity contribution in [1.82, 2.24) is 15.0 Å². The second-order valence-corrected chi connectivity index (χ2v) is 4.12. The highest BCUT2D eigenvalue weighted by atomic mass is 32.2. The molecule has 2 rings (SSSR count). The average molecular weight is 260 g/mol. The van der Waals surface area contributed by atoms with Gasteiger partial charge in [-0.25, -0.2) is 9.97 Å². The van der Waals surface area contributed by atoms with Crippen molar-refractivity contribution in [2.75, 3.05) is 5.73 Å². The number of nitrogen functional groups attached to an aromatic ring is 1. The molecule has 17 heavy (non-hydrogen) atoms. The van der Waals surface area contributed by atoms with E-state index in [2.05, 4.69) is 15.0 Å². The third-order valence-electron chi connectivity index (χ3n) is 1.82. The van der Waals surface area contributed by atoms with Crippen LogP contribution < -0.4 is 5.73 Å². The van der Waals surface area contributed by atoms with Gasteiger partial charge in [0.2, 0.25) is 0 Å². The van der Waals surface area contributed by atoms with Crippen LogP contribution in [-0.4, -0.2) is 15.0 Å². The number of H-pyrrole nitrogens is 1. The minimum absolute atomic E-state index is 0.146. The zero-order valence-corrected chi connectivity index (χ0v) is 9.14. The van der Waals surface area contributed by atoms with E-state index in [1.54, 1.807) is 6.20 Å². The van der Waals surface area contributed by atoms with Gasteiger partial charge >= 0.3 is 6.18 Å². The van der Waals surface area contributed by atoms with Gasteiger partial charge < -0.3 is 10.7 Å². The number of nitrogens with one attached hydrogen (secondary N) is 1. The van der Waals surface area contributed by atoms with Gasteiger partial charge in [-0.15, -0.1) is 0 Å². The van der Waals surface area contributed by atoms with E-state index in [1.807, 2.05) is 0 Å². The number of nitrogens with two attached hydrogens (primary N) is 1. The summed E-state index contributed by atoms with van der Waals surface area (Å²) in [7, 11) is 0. The average Bonchev–Trinajstić information content (AvgIpc) is 2.68. The van der Waals surface area contributed by atoms with Gasteiger partial charge in [-0.2, -0.15) is 13.2 Å². The van der Waals surface area contributed by atoms with Gasteiger partial charge in [0, 0.05) is 12.4 Å². The molecule has 0 spiro atoms. The highest BCUT2D eigenvalue weighted by molar-refractivity contribution is 7.99. The highest BCUT2D eigenvalue weighted by Gasteiger charge is 2.31. The SMILES string of the molecule is Nc1cc(C(F)(F)F)cc(Sc2ncc[nH]2)n1. The summed E-state index contributed by atoms with van der Waals surface area (Å²) in [5.74, 6) is -0.172. The van der Waals surface area contributed by atoms with Gasteiger partial charge in [0.1, 0.15) is 10.8 Å². The van der Waals surface area contributed by atoms with Crippen LogP contribution in [0, 0.1) is 0 Å². The normalized spacial score (nSPS) is 11.7. The Kier molecular flexibility index (Phi) is 2.97. The maximum absolute atomic E-state index is 12.5. The molecule has 4 nitrogen and oxygen atoms in total. The van der Waals surface area contributed by atoms with Gasteiger partial charge in [-0.05, 0) is 23.9 Å². The number of alkyl halides is 3. The summed E-state index contributed by atoms with van der Waals surface area (Å²) in [5.41, 5.74) is 4.51. The van der Waals surface area contributed by atoms with Crippen molar-refractivity contribution in [2.24, 2.45) is 0 Å². The van der Waals surface area contributed by atoms with Crippen molar-refractivity contribution >= 4 is 17.6 Å². The molecule has 0 amide bonds. The van der Waals surface area contributed by atoms with E-state index in [-0.39, 0.29) is 10.8 Å². The van der Waals surface area contributed by atoms with E-state index in [4.69, 9.17) is 5.73 Å². The van der Waals surface area contributed by atoms with Crippen LogP contribution >= 0.6 is 11.8 Å². The molecule has 0 unspecified atom stereocenters. The summed E-state index contributed by atoms with van der Waals surface area (Å²) in [6, 6.07) is 1.73. The minimum Gasteiger partial charge on any atom is -0.384 e. The predicted octanol–water partition coefficient (Wildman–Crippen LogP) is 2.56. The summed E-state index contributed by atoms with van der Waals surface area (Å²) >= 11 is 0.981. The van der Waals surface area contributed by atoms with Crippen LogP contribution in [-0.2, 0) is 6.18 Å². The standard InChI is InChI=1S/C9H7F3N4S/c10-9(11,12)5-3-6(13)16-7(4-5)17-8-14-1-2-15-8/h1-4H,(H2,13,16)(H,14,15). The van der Waals surface area contributed by atoms with Crippen molar-refractivity contribution in [3.63, 3.8) is 0 Å². The molecule has 0 aliphatic carbocycles. The second-order valence-electron chi connectivity index (χ2n) is 3.11. The first-order valence-corrected chi connectivity index (χ1v) is 5.29. The van der Waals surface area contributed by atoms with Crippen molar-refractivity contribution in [2.45, 2.75) is 16.4 Å². The van der Waals surface area contributed by atoms with Gasteiger partial charge in [-0.3, -0.25) is 0 Å². The fourth-order valence-corrected chi connectivity index (χ4v) is 1.92. The molecule has 0 saturated carbocycles. The maximum Gasteiger partial charge on any atom is 0.416 e. The van der Waals surface area contributed by atoms with Crippen LogP contribution in [0.1, 0.15) is 5.56 Å². The van der Waals surface area contributed by atoms with E-state index in [0.29, 0.717) is 5.16 Å². The summed E-state index contributed by atoms with van der Waals surface area (Å²) in [6.07, 6.45) is -1.37. The fourth-order valence-electron chi connectivity index (χ4n) is 1.15. The summed E-state index contributed by atoms with van der Waals surface area (Å²) < 4.78 is 37.5. The molecule has 3 N–H and O–H groups in total. The largest absolute Gasteiger partial charge is 0.416 e. The van der Waals surface area contributed by atoms with Crippen LogP contribution in [0.3, 0.4) is 0 Å². The zero-order valence-electron chi connectivity index (χ0n) is 8.32.